The predicted molar refractivity (Wildman–Crippen MR) is 53.5 cm³/mol. The zero-order valence-corrected chi connectivity index (χ0v) is 7.86. The Morgan fingerprint density at radius 2 is 2.00 bits per heavy atom. The van der Waals surface area contributed by atoms with Crippen molar-refractivity contribution >= 4 is 6.29 Å². The van der Waals surface area contributed by atoms with Crippen molar-refractivity contribution in [2.24, 2.45) is 11.7 Å². The van der Waals surface area contributed by atoms with E-state index in [0.29, 0.717) is 6.54 Å². The van der Waals surface area contributed by atoms with E-state index in [1.165, 1.54) is 11.1 Å². The summed E-state index contributed by atoms with van der Waals surface area (Å²) in [4.78, 5) is 10.5. The topological polar surface area (TPSA) is 43.1 Å². The van der Waals surface area contributed by atoms with Crippen LogP contribution < -0.4 is 5.73 Å². The molecule has 0 aliphatic rings. The molecule has 0 spiro atoms. The molecule has 1 rings (SSSR count). The first-order chi connectivity index (χ1) is 6.26. The summed E-state index contributed by atoms with van der Waals surface area (Å²) in [6, 6.07) is 8.18. The third kappa shape index (κ3) is 2.99. The summed E-state index contributed by atoms with van der Waals surface area (Å²) in [5.41, 5.74) is 7.84. The highest BCUT2D eigenvalue weighted by Gasteiger charge is 2.05. The Labute approximate surface area is 78.8 Å². The molecule has 13 heavy (non-hydrogen) atoms. The average Bonchev–Trinajstić information content (AvgIpc) is 2.17. The Morgan fingerprint density at radius 1 is 1.38 bits per heavy atom. The predicted octanol–water partition coefficient (Wildman–Crippen LogP) is 1.31. The van der Waals surface area contributed by atoms with E-state index in [0.717, 1.165) is 12.7 Å². The molecule has 0 aromatic heterocycles. The number of hydrogen-bond donors (Lipinski definition) is 1. The molecular formula is C11H15NO. The van der Waals surface area contributed by atoms with Gasteiger partial charge in [-0.2, -0.15) is 0 Å². The van der Waals surface area contributed by atoms with E-state index in [1.54, 1.807) is 0 Å². The van der Waals surface area contributed by atoms with Crippen LogP contribution in [0.1, 0.15) is 11.1 Å². The van der Waals surface area contributed by atoms with Crippen molar-refractivity contribution in [2.45, 2.75) is 13.3 Å². The van der Waals surface area contributed by atoms with E-state index in [9.17, 15) is 4.79 Å². The molecule has 1 atom stereocenters. The Morgan fingerprint density at radius 3 is 2.46 bits per heavy atom. The molecule has 2 nitrogen and oxygen atoms in total. The largest absolute Gasteiger partial charge is 0.330 e. The van der Waals surface area contributed by atoms with Crippen LogP contribution in [0, 0.1) is 12.8 Å². The number of hydrogen-bond acceptors (Lipinski definition) is 2. The summed E-state index contributed by atoms with van der Waals surface area (Å²) in [6.07, 6.45) is 1.68. The highest BCUT2D eigenvalue weighted by molar-refractivity contribution is 5.54. The highest BCUT2D eigenvalue weighted by Crippen LogP contribution is 2.07. The maximum atomic E-state index is 10.5. The molecule has 1 aromatic rings. The van der Waals surface area contributed by atoms with Gasteiger partial charge in [0.05, 0.1) is 0 Å². The highest BCUT2D eigenvalue weighted by atomic mass is 16.1. The van der Waals surface area contributed by atoms with Gasteiger partial charge in [0.1, 0.15) is 6.29 Å². The van der Waals surface area contributed by atoms with Crippen LogP contribution in [0.5, 0.6) is 0 Å². The fourth-order valence-corrected chi connectivity index (χ4v) is 1.21. The molecule has 2 N–H and O–H groups in total. The van der Waals surface area contributed by atoms with Crippen molar-refractivity contribution in [3.8, 4) is 0 Å². The van der Waals surface area contributed by atoms with E-state index in [4.69, 9.17) is 5.73 Å². The first kappa shape index (κ1) is 9.93. The summed E-state index contributed by atoms with van der Waals surface area (Å²) < 4.78 is 0. The fraction of sp³-hybridized carbons (Fsp3) is 0.364. The maximum absolute atomic E-state index is 10.5. The summed E-state index contributed by atoms with van der Waals surface area (Å²) in [6.45, 7) is 2.47. The van der Waals surface area contributed by atoms with Gasteiger partial charge in [-0.1, -0.05) is 29.8 Å². The molecule has 0 bridgehead atoms. The van der Waals surface area contributed by atoms with Gasteiger partial charge in [-0.25, -0.2) is 0 Å². The minimum absolute atomic E-state index is 0.0392. The molecule has 0 radical (unpaired) electrons. The van der Waals surface area contributed by atoms with Crippen molar-refractivity contribution in [1.29, 1.82) is 0 Å². The number of rotatable bonds is 4. The van der Waals surface area contributed by atoms with Crippen LogP contribution in [0.15, 0.2) is 24.3 Å². The zero-order chi connectivity index (χ0) is 9.68. The molecule has 1 aromatic carbocycles. The van der Waals surface area contributed by atoms with Crippen LogP contribution >= 0.6 is 0 Å². The fourth-order valence-electron chi connectivity index (χ4n) is 1.21. The molecular weight excluding hydrogens is 162 g/mol. The molecule has 0 saturated carbocycles. The van der Waals surface area contributed by atoms with Crippen LogP contribution in [-0.2, 0) is 11.2 Å². The standard InChI is InChI=1S/C11H15NO/c1-9-2-4-10(5-3-9)6-11(7-12)8-13/h2-5,8,11H,6-7,12H2,1H3. The van der Waals surface area contributed by atoms with Gasteiger partial charge in [0.15, 0.2) is 0 Å². The van der Waals surface area contributed by atoms with E-state index >= 15 is 0 Å². The van der Waals surface area contributed by atoms with Gasteiger partial charge < -0.3 is 10.5 Å². The molecule has 1 unspecified atom stereocenters. The lowest BCUT2D eigenvalue weighted by atomic mass is 10.0. The lowest BCUT2D eigenvalue weighted by molar-refractivity contribution is -0.110. The molecule has 0 amide bonds. The molecule has 0 aliphatic heterocycles. The van der Waals surface area contributed by atoms with Crippen molar-refractivity contribution < 1.29 is 4.79 Å². The van der Waals surface area contributed by atoms with Crippen LogP contribution in [0.3, 0.4) is 0 Å². The molecule has 0 fully saturated rings. The number of aryl methyl sites for hydroxylation is 1. The van der Waals surface area contributed by atoms with E-state index in [-0.39, 0.29) is 5.92 Å². The molecule has 0 heterocycles. The van der Waals surface area contributed by atoms with Crippen molar-refractivity contribution in [3.63, 3.8) is 0 Å². The van der Waals surface area contributed by atoms with Crippen molar-refractivity contribution in [1.82, 2.24) is 0 Å². The number of benzene rings is 1. The Bertz CT molecular complexity index is 266. The van der Waals surface area contributed by atoms with Gasteiger partial charge in [0, 0.05) is 12.5 Å². The Hall–Kier alpha value is -1.15. The molecule has 0 saturated heterocycles. The average molecular weight is 177 g/mol. The SMILES string of the molecule is Cc1ccc(CC(C=O)CN)cc1. The minimum Gasteiger partial charge on any atom is -0.330 e. The van der Waals surface area contributed by atoms with Crippen LogP contribution in [-0.4, -0.2) is 12.8 Å². The Kier molecular flexibility index (Phi) is 3.65. The number of carbonyl (C=O) groups excluding carboxylic acids is 1. The number of nitrogens with two attached hydrogens (primary N) is 1. The first-order valence-electron chi connectivity index (χ1n) is 4.47. The zero-order valence-electron chi connectivity index (χ0n) is 7.86. The third-order valence-corrected chi connectivity index (χ3v) is 2.11. The van der Waals surface area contributed by atoms with Gasteiger partial charge in [0.2, 0.25) is 0 Å². The second-order valence-electron chi connectivity index (χ2n) is 3.32. The van der Waals surface area contributed by atoms with Crippen molar-refractivity contribution in [2.75, 3.05) is 6.54 Å². The third-order valence-electron chi connectivity index (χ3n) is 2.11. The smallest absolute Gasteiger partial charge is 0.124 e. The van der Waals surface area contributed by atoms with Crippen LogP contribution in [0.2, 0.25) is 0 Å². The van der Waals surface area contributed by atoms with E-state index < -0.39 is 0 Å². The maximum Gasteiger partial charge on any atom is 0.124 e. The lowest BCUT2D eigenvalue weighted by Gasteiger charge is -2.06. The van der Waals surface area contributed by atoms with Gasteiger partial charge in [-0.3, -0.25) is 0 Å². The van der Waals surface area contributed by atoms with Crippen LogP contribution in [0.4, 0.5) is 0 Å². The lowest BCUT2D eigenvalue weighted by Crippen LogP contribution is -2.17. The second kappa shape index (κ2) is 4.77. The van der Waals surface area contributed by atoms with Gasteiger partial charge in [-0.15, -0.1) is 0 Å². The van der Waals surface area contributed by atoms with Crippen molar-refractivity contribution in [3.05, 3.63) is 35.4 Å². The summed E-state index contributed by atoms with van der Waals surface area (Å²) in [7, 11) is 0. The molecule has 2 heteroatoms. The first-order valence-corrected chi connectivity index (χ1v) is 4.47. The monoisotopic (exact) mass is 177 g/mol. The van der Waals surface area contributed by atoms with Gasteiger partial charge in [-0.05, 0) is 18.9 Å². The Balaban J connectivity index is 2.63. The number of aldehydes is 1. The summed E-state index contributed by atoms with van der Waals surface area (Å²) >= 11 is 0. The van der Waals surface area contributed by atoms with E-state index in [1.807, 2.05) is 31.2 Å². The minimum atomic E-state index is -0.0392. The summed E-state index contributed by atoms with van der Waals surface area (Å²) in [5, 5.41) is 0. The van der Waals surface area contributed by atoms with Crippen LogP contribution in [0.25, 0.3) is 0 Å². The summed E-state index contributed by atoms with van der Waals surface area (Å²) in [5.74, 6) is -0.0392. The van der Waals surface area contributed by atoms with Gasteiger partial charge in [0.25, 0.3) is 0 Å². The molecule has 70 valence electrons. The normalized spacial score (nSPS) is 12.5. The molecule has 0 aliphatic carbocycles. The quantitative estimate of drug-likeness (QED) is 0.705. The van der Waals surface area contributed by atoms with E-state index in [2.05, 4.69) is 0 Å². The second-order valence-corrected chi connectivity index (χ2v) is 3.32. The van der Waals surface area contributed by atoms with Gasteiger partial charge >= 0.3 is 0 Å². The number of carbonyl (C=O) groups is 1.